The minimum Gasteiger partial charge on any atom is -0.481 e. The summed E-state index contributed by atoms with van der Waals surface area (Å²) in [7, 11) is 1.55. The lowest BCUT2D eigenvalue weighted by molar-refractivity contribution is -0.147. The number of aryl methyl sites for hydroxylation is 1. The number of carboxylic acid groups (broad SMARTS) is 1. The summed E-state index contributed by atoms with van der Waals surface area (Å²) in [6.07, 6.45) is 0.787. The van der Waals surface area contributed by atoms with Gasteiger partial charge in [0.1, 0.15) is 11.5 Å². The van der Waals surface area contributed by atoms with E-state index in [4.69, 9.17) is 20.0 Å². The molecular formula is C26H27N3O4S. The van der Waals surface area contributed by atoms with E-state index in [1.54, 1.807) is 7.11 Å². The normalized spacial score (nSPS) is 14.5. The molecule has 0 unspecified atom stereocenters. The summed E-state index contributed by atoms with van der Waals surface area (Å²) in [6, 6.07) is 19.1. The van der Waals surface area contributed by atoms with E-state index in [0.29, 0.717) is 31.3 Å². The highest BCUT2D eigenvalue weighted by Gasteiger charge is 2.32. The molecule has 1 aromatic heterocycles. The SMILES string of the molecule is CCc1cc(CN2CC(C(=O)O)C2)sc1C(=N)/N=C(\OC)c1ccc(Oc2ccccc2)cc1. The van der Waals surface area contributed by atoms with Gasteiger partial charge < -0.3 is 14.6 Å². The molecule has 8 heteroatoms. The Morgan fingerprint density at radius 2 is 1.82 bits per heavy atom. The number of para-hydroxylation sites is 1. The van der Waals surface area contributed by atoms with Crippen LogP contribution in [0.4, 0.5) is 0 Å². The van der Waals surface area contributed by atoms with Crippen molar-refractivity contribution in [1.82, 2.24) is 4.90 Å². The number of hydrogen-bond acceptors (Lipinski definition) is 6. The highest BCUT2D eigenvalue weighted by atomic mass is 32.1. The molecule has 2 heterocycles. The van der Waals surface area contributed by atoms with Crippen molar-refractivity contribution in [1.29, 1.82) is 5.41 Å². The van der Waals surface area contributed by atoms with Crippen molar-refractivity contribution in [2.24, 2.45) is 10.9 Å². The Balaban J connectivity index is 1.46. The fourth-order valence-corrected chi connectivity index (χ4v) is 4.96. The number of carboxylic acids is 1. The highest BCUT2D eigenvalue weighted by molar-refractivity contribution is 7.14. The molecule has 1 aliphatic heterocycles. The molecule has 0 spiro atoms. The molecule has 4 rings (SSSR count). The first-order chi connectivity index (χ1) is 16.5. The Morgan fingerprint density at radius 3 is 2.44 bits per heavy atom. The van der Waals surface area contributed by atoms with Crippen LogP contribution in [0.25, 0.3) is 0 Å². The van der Waals surface area contributed by atoms with Gasteiger partial charge in [-0.1, -0.05) is 25.1 Å². The molecule has 0 radical (unpaired) electrons. The monoisotopic (exact) mass is 477 g/mol. The first-order valence-corrected chi connectivity index (χ1v) is 11.9. The summed E-state index contributed by atoms with van der Waals surface area (Å²) in [6.45, 7) is 3.88. The van der Waals surface area contributed by atoms with Crippen LogP contribution in [0.5, 0.6) is 11.5 Å². The number of amidine groups is 1. The van der Waals surface area contributed by atoms with E-state index in [0.717, 1.165) is 33.1 Å². The van der Waals surface area contributed by atoms with Gasteiger partial charge in [-0.15, -0.1) is 11.3 Å². The maximum atomic E-state index is 11.0. The van der Waals surface area contributed by atoms with Crippen molar-refractivity contribution < 1.29 is 19.4 Å². The third kappa shape index (κ3) is 5.52. The number of aliphatic imine (C=N–C) groups is 1. The van der Waals surface area contributed by atoms with E-state index < -0.39 is 5.97 Å². The average Bonchev–Trinajstić information content (AvgIpc) is 3.24. The van der Waals surface area contributed by atoms with Crippen LogP contribution in [-0.4, -0.2) is 47.9 Å². The zero-order valence-corrected chi connectivity index (χ0v) is 20.0. The minimum atomic E-state index is -0.736. The van der Waals surface area contributed by atoms with E-state index >= 15 is 0 Å². The molecule has 3 aromatic rings. The second kappa shape index (κ2) is 10.6. The standard InChI is InChI=1S/C26H27N3O4S/c1-3-17-13-22(16-29-14-19(15-29)26(30)31)34-23(17)24(27)28-25(32-2)18-9-11-21(12-10-18)33-20-7-5-4-6-8-20/h4-13,19,27H,3,14-16H2,1-2H3,(H,30,31)/b27-24?,28-25-. The number of ether oxygens (including phenoxy) is 2. The Hall–Kier alpha value is -3.49. The van der Waals surface area contributed by atoms with Crippen LogP contribution in [0.1, 0.15) is 27.8 Å². The van der Waals surface area contributed by atoms with Gasteiger partial charge in [0.2, 0.25) is 5.90 Å². The molecule has 1 saturated heterocycles. The van der Waals surface area contributed by atoms with Crippen LogP contribution in [0.3, 0.4) is 0 Å². The van der Waals surface area contributed by atoms with Crippen molar-refractivity contribution in [2.45, 2.75) is 19.9 Å². The third-order valence-corrected chi connectivity index (χ3v) is 6.80. The third-order valence-electron chi connectivity index (χ3n) is 5.63. The number of nitrogens with zero attached hydrogens (tertiary/aromatic N) is 2. The van der Waals surface area contributed by atoms with Crippen molar-refractivity contribution in [3.8, 4) is 11.5 Å². The number of thiophene rings is 1. The molecule has 7 nitrogen and oxygen atoms in total. The molecule has 0 saturated carbocycles. The lowest BCUT2D eigenvalue weighted by atomic mass is 10.0. The number of carbonyl (C=O) groups is 1. The molecule has 1 aliphatic rings. The molecule has 176 valence electrons. The molecule has 34 heavy (non-hydrogen) atoms. The molecule has 0 bridgehead atoms. The Bertz CT molecular complexity index is 1180. The lowest BCUT2D eigenvalue weighted by Gasteiger charge is -2.36. The smallest absolute Gasteiger partial charge is 0.309 e. The fraction of sp³-hybridized carbons (Fsp3) is 0.269. The van der Waals surface area contributed by atoms with Crippen molar-refractivity contribution in [2.75, 3.05) is 20.2 Å². The van der Waals surface area contributed by atoms with Gasteiger partial charge >= 0.3 is 5.97 Å². The predicted molar refractivity (Wildman–Crippen MR) is 133 cm³/mol. The summed E-state index contributed by atoms with van der Waals surface area (Å²) >= 11 is 1.53. The second-order valence-electron chi connectivity index (χ2n) is 8.06. The van der Waals surface area contributed by atoms with Crippen LogP contribution in [0.15, 0.2) is 65.7 Å². The van der Waals surface area contributed by atoms with Crippen molar-refractivity contribution >= 4 is 29.0 Å². The molecule has 2 aromatic carbocycles. The molecule has 0 amide bonds. The van der Waals surface area contributed by atoms with E-state index in [-0.39, 0.29) is 11.8 Å². The number of nitrogens with one attached hydrogen (secondary N) is 1. The van der Waals surface area contributed by atoms with Gasteiger partial charge in [-0.2, -0.15) is 4.99 Å². The van der Waals surface area contributed by atoms with Gasteiger partial charge in [0.25, 0.3) is 0 Å². The first kappa shape index (κ1) is 23.7. The zero-order valence-electron chi connectivity index (χ0n) is 19.2. The number of rotatable bonds is 8. The summed E-state index contributed by atoms with van der Waals surface area (Å²) in [5.74, 6) is 0.964. The Kier molecular flexibility index (Phi) is 7.40. The summed E-state index contributed by atoms with van der Waals surface area (Å²) in [4.78, 5) is 19.5. The van der Waals surface area contributed by atoms with E-state index in [9.17, 15) is 4.79 Å². The van der Waals surface area contributed by atoms with Gasteiger partial charge in [-0.3, -0.25) is 15.1 Å². The maximum Gasteiger partial charge on any atom is 0.309 e. The first-order valence-electron chi connectivity index (χ1n) is 11.1. The molecule has 0 atom stereocenters. The van der Waals surface area contributed by atoms with E-state index in [1.165, 1.54) is 11.3 Å². The highest BCUT2D eigenvalue weighted by Crippen LogP contribution is 2.28. The van der Waals surface area contributed by atoms with E-state index in [2.05, 4.69) is 22.9 Å². The van der Waals surface area contributed by atoms with E-state index in [1.807, 2.05) is 54.6 Å². The molecule has 1 fully saturated rings. The van der Waals surface area contributed by atoms with Crippen LogP contribution in [0.2, 0.25) is 0 Å². The number of methoxy groups -OCH3 is 1. The zero-order chi connectivity index (χ0) is 24.1. The summed E-state index contributed by atoms with van der Waals surface area (Å²) < 4.78 is 11.3. The van der Waals surface area contributed by atoms with Gasteiger partial charge in [0.15, 0.2) is 5.84 Å². The maximum absolute atomic E-state index is 11.0. The van der Waals surface area contributed by atoms with Gasteiger partial charge in [-0.05, 0) is 54.4 Å². The van der Waals surface area contributed by atoms with Gasteiger partial charge in [0, 0.05) is 30.1 Å². The molecule has 2 N–H and O–H groups in total. The topological polar surface area (TPSA) is 95.2 Å². The fourth-order valence-electron chi connectivity index (χ4n) is 3.77. The Morgan fingerprint density at radius 1 is 1.15 bits per heavy atom. The van der Waals surface area contributed by atoms with Crippen LogP contribution in [0, 0.1) is 11.3 Å². The molecule has 0 aliphatic carbocycles. The quantitative estimate of drug-likeness (QED) is 0.350. The van der Waals surface area contributed by atoms with Crippen LogP contribution in [-0.2, 0) is 22.5 Å². The van der Waals surface area contributed by atoms with Crippen LogP contribution < -0.4 is 4.74 Å². The number of aliphatic carboxylic acids is 1. The van der Waals surface area contributed by atoms with Gasteiger partial charge in [0.05, 0.1) is 17.9 Å². The largest absolute Gasteiger partial charge is 0.481 e. The lowest BCUT2D eigenvalue weighted by Crippen LogP contribution is -2.49. The van der Waals surface area contributed by atoms with Gasteiger partial charge in [-0.25, -0.2) is 0 Å². The van der Waals surface area contributed by atoms with Crippen molar-refractivity contribution in [3.63, 3.8) is 0 Å². The minimum absolute atomic E-state index is 0.154. The second-order valence-corrected chi connectivity index (χ2v) is 9.20. The number of benzene rings is 2. The Labute approximate surface area is 202 Å². The number of hydrogen-bond donors (Lipinski definition) is 2. The average molecular weight is 478 g/mol. The van der Waals surface area contributed by atoms with Crippen molar-refractivity contribution in [3.05, 3.63) is 81.5 Å². The molecular weight excluding hydrogens is 450 g/mol. The summed E-state index contributed by atoms with van der Waals surface area (Å²) in [5, 5.41) is 17.7. The van der Waals surface area contributed by atoms with Crippen LogP contribution >= 0.6 is 11.3 Å². The predicted octanol–water partition coefficient (Wildman–Crippen LogP) is 5.04. The number of likely N-dealkylation sites (tertiary alicyclic amines) is 1. The summed E-state index contributed by atoms with van der Waals surface area (Å²) in [5.41, 5.74) is 1.81.